The Bertz CT molecular complexity index is 339. The molecule has 0 aromatic heterocycles. The maximum Gasteiger partial charge on any atom is 0.0636 e. The largest absolute Gasteiger partial charge is 0.392 e. The van der Waals surface area contributed by atoms with E-state index in [1.807, 2.05) is 0 Å². The molecule has 1 nitrogen and oxygen atoms in total. The highest BCUT2D eigenvalue weighted by atomic mass is 16.3. The van der Waals surface area contributed by atoms with Gasteiger partial charge in [0, 0.05) is 5.41 Å². The molecule has 2 rings (SSSR count). The van der Waals surface area contributed by atoms with Crippen LogP contribution in [-0.4, -0.2) is 11.2 Å². The van der Waals surface area contributed by atoms with Crippen LogP contribution in [0.5, 0.6) is 0 Å². The number of aliphatic hydroxyl groups is 1. The molecule has 3 atom stereocenters. The van der Waals surface area contributed by atoms with E-state index in [2.05, 4.69) is 27.4 Å². The first-order chi connectivity index (χ1) is 7.45. The number of rotatable bonds is 1. The van der Waals surface area contributed by atoms with Crippen molar-refractivity contribution in [2.45, 2.75) is 59.0 Å². The molecule has 16 heavy (non-hydrogen) atoms. The fraction of sp³-hybridized carbons (Fsp3) is 0.733. The molecule has 0 saturated heterocycles. The summed E-state index contributed by atoms with van der Waals surface area (Å²) in [5, 5.41) is 10.4. The van der Waals surface area contributed by atoms with Gasteiger partial charge < -0.3 is 5.11 Å². The van der Waals surface area contributed by atoms with Gasteiger partial charge in [0.2, 0.25) is 0 Å². The standard InChI is InChI=1S/C15H24O/c1-10(2)12-8-13-11(3)6-5-7-15(13,4)14(16)9-12/h12,14,16H,1,5-9H2,2-4H3/t12-,14?,15-/m0/s1. The van der Waals surface area contributed by atoms with Crippen LogP contribution in [0.25, 0.3) is 0 Å². The summed E-state index contributed by atoms with van der Waals surface area (Å²) in [6.07, 6.45) is 5.48. The predicted molar refractivity (Wildman–Crippen MR) is 68.2 cm³/mol. The second kappa shape index (κ2) is 4.03. The third kappa shape index (κ3) is 1.75. The van der Waals surface area contributed by atoms with Crippen LogP contribution < -0.4 is 0 Å². The van der Waals surface area contributed by atoms with E-state index in [1.165, 1.54) is 29.6 Å². The third-order valence-corrected chi connectivity index (χ3v) is 4.84. The lowest BCUT2D eigenvalue weighted by Crippen LogP contribution is -2.42. The van der Waals surface area contributed by atoms with E-state index in [0.717, 1.165) is 19.3 Å². The Kier molecular flexibility index (Phi) is 3.00. The average Bonchev–Trinajstić information content (AvgIpc) is 2.20. The van der Waals surface area contributed by atoms with Gasteiger partial charge >= 0.3 is 0 Å². The predicted octanol–water partition coefficient (Wildman–Crippen LogP) is 3.84. The van der Waals surface area contributed by atoms with Crippen molar-refractivity contribution in [3.05, 3.63) is 23.3 Å². The molecule has 90 valence electrons. The van der Waals surface area contributed by atoms with Gasteiger partial charge in [-0.05, 0) is 51.9 Å². The summed E-state index contributed by atoms with van der Waals surface area (Å²) in [6.45, 7) is 10.7. The van der Waals surface area contributed by atoms with Crippen LogP contribution in [-0.2, 0) is 0 Å². The second-order valence-electron chi connectivity index (χ2n) is 6.03. The van der Waals surface area contributed by atoms with Crippen LogP contribution in [0.4, 0.5) is 0 Å². The molecule has 0 aromatic rings. The van der Waals surface area contributed by atoms with Gasteiger partial charge in [-0.15, -0.1) is 0 Å². The Morgan fingerprint density at radius 2 is 2.19 bits per heavy atom. The first-order valence-corrected chi connectivity index (χ1v) is 6.47. The van der Waals surface area contributed by atoms with Crippen molar-refractivity contribution < 1.29 is 5.11 Å². The van der Waals surface area contributed by atoms with E-state index >= 15 is 0 Å². The van der Waals surface area contributed by atoms with E-state index in [9.17, 15) is 5.11 Å². The van der Waals surface area contributed by atoms with Gasteiger partial charge in [0.05, 0.1) is 6.10 Å². The van der Waals surface area contributed by atoms with Crippen LogP contribution in [0, 0.1) is 11.3 Å². The average molecular weight is 220 g/mol. The minimum atomic E-state index is -0.173. The lowest BCUT2D eigenvalue weighted by atomic mass is 9.59. The molecule has 0 heterocycles. The first kappa shape index (κ1) is 11.9. The third-order valence-electron chi connectivity index (χ3n) is 4.84. The van der Waals surface area contributed by atoms with Crippen LogP contribution >= 0.6 is 0 Å². The highest BCUT2D eigenvalue weighted by Gasteiger charge is 2.44. The summed E-state index contributed by atoms with van der Waals surface area (Å²) in [5.74, 6) is 0.492. The SMILES string of the molecule is C=C(C)[C@H]1CC2=C(C)CCC[C@]2(C)C(O)C1. The fourth-order valence-electron chi connectivity index (χ4n) is 3.52. The molecule has 2 aliphatic rings. The monoisotopic (exact) mass is 220 g/mol. The van der Waals surface area contributed by atoms with Crippen LogP contribution in [0.3, 0.4) is 0 Å². The molecule has 0 amide bonds. The molecule has 0 radical (unpaired) electrons. The lowest BCUT2D eigenvalue weighted by Gasteiger charge is -2.47. The molecule has 0 aliphatic heterocycles. The molecule has 1 fully saturated rings. The summed E-state index contributed by atoms with van der Waals surface area (Å²) >= 11 is 0. The van der Waals surface area contributed by atoms with Gasteiger partial charge in [0.15, 0.2) is 0 Å². The summed E-state index contributed by atoms with van der Waals surface area (Å²) in [7, 11) is 0. The molecule has 1 saturated carbocycles. The highest BCUT2D eigenvalue weighted by Crippen LogP contribution is 2.52. The van der Waals surface area contributed by atoms with Crippen molar-refractivity contribution in [1.82, 2.24) is 0 Å². The van der Waals surface area contributed by atoms with E-state index in [4.69, 9.17) is 0 Å². The van der Waals surface area contributed by atoms with Gasteiger partial charge in [0.25, 0.3) is 0 Å². The quantitative estimate of drug-likeness (QED) is 0.666. The summed E-state index contributed by atoms with van der Waals surface area (Å²) in [4.78, 5) is 0. The molecule has 1 unspecified atom stereocenters. The zero-order valence-corrected chi connectivity index (χ0v) is 10.8. The number of aliphatic hydroxyl groups excluding tert-OH is 1. The van der Waals surface area contributed by atoms with Gasteiger partial charge in [-0.1, -0.05) is 30.2 Å². The number of allylic oxidation sites excluding steroid dienone is 2. The molecule has 0 bridgehead atoms. The lowest BCUT2D eigenvalue weighted by molar-refractivity contribution is 0.0118. The Morgan fingerprint density at radius 1 is 1.50 bits per heavy atom. The Balaban J connectivity index is 2.35. The summed E-state index contributed by atoms with van der Waals surface area (Å²) in [6, 6.07) is 0. The molecular formula is C15H24O. The van der Waals surface area contributed by atoms with Gasteiger partial charge in [0.1, 0.15) is 0 Å². The minimum absolute atomic E-state index is 0.0638. The van der Waals surface area contributed by atoms with Gasteiger partial charge in [-0.3, -0.25) is 0 Å². The van der Waals surface area contributed by atoms with E-state index in [0.29, 0.717) is 5.92 Å². The molecule has 1 N–H and O–H groups in total. The molecule has 1 heteroatoms. The maximum absolute atomic E-state index is 10.4. The number of fused-ring (bicyclic) bond motifs is 1. The van der Waals surface area contributed by atoms with Crippen molar-refractivity contribution in [3.8, 4) is 0 Å². The normalized spacial score (nSPS) is 39.5. The van der Waals surface area contributed by atoms with Crippen molar-refractivity contribution in [1.29, 1.82) is 0 Å². The Labute approximate surface area is 99.3 Å². The van der Waals surface area contributed by atoms with Crippen molar-refractivity contribution in [2.75, 3.05) is 0 Å². The van der Waals surface area contributed by atoms with Crippen LogP contribution in [0.15, 0.2) is 23.3 Å². The topological polar surface area (TPSA) is 20.2 Å². The zero-order valence-electron chi connectivity index (χ0n) is 10.8. The van der Waals surface area contributed by atoms with Crippen LogP contribution in [0.1, 0.15) is 52.9 Å². The Hall–Kier alpha value is -0.560. The van der Waals surface area contributed by atoms with Crippen molar-refractivity contribution >= 4 is 0 Å². The highest BCUT2D eigenvalue weighted by molar-refractivity contribution is 5.29. The maximum atomic E-state index is 10.4. The van der Waals surface area contributed by atoms with Gasteiger partial charge in [-0.2, -0.15) is 0 Å². The minimum Gasteiger partial charge on any atom is -0.392 e. The fourth-order valence-corrected chi connectivity index (χ4v) is 3.52. The summed E-state index contributed by atoms with van der Waals surface area (Å²) in [5.41, 5.74) is 4.35. The molecule has 0 spiro atoms. The second-order valence-corrected chi connectivity index (χ2v) is 6.03. The molecule has 0 aromatic carbocycles. The van der Waals surface area contributed by atoms with E-state index in [-0.39, 0.29) is 11.5 Å². The molecular weight excluding hydrogens is 196 g/mol. The zero-order chi connectivity index (χ0) is 11.9. The van der Waals surface area contributed by atoms with Crippen molar-refractivity contribution in [3.63, 3.8) is 0 Å². The Morgan fingerprint density at radius 3 is 2.81 bits per heavy atom. The van der Waals surface area contributed by atoms with Crippen LogP contribution in [0.2, 0.25) is 0 Å². The van der Waals surface area contributed by atoms with Gasteiger partial charge in [-0.25, -0.2) is 0 Å². The number of hydrogen-bond acceptors (Lipinski definition) is 1. The summed E-state index contributed by atoms with van der Waals surface area (Å²) < 4.78 is 0. The smallest absolute Gasteiger partial charge is 0.0636 e. The first-order valence-electron chi connectivity index (χ1n) is 6.47. The van der Waals surface area contributed by atoms with E-state index < -0.39 is 0 Å². The van der Waals surface area contributed by atoms with Crippen molar-refractivity contribution in [2.24, 2.45) is 11.3 Å². The molecule has 2 aliphatic carbocycles. The number of hydrogen-bond donors (Lipinski definition) is 1. The van der Waals surface area contributed by atoms with E-state index in [1.54, 1.807) is 0 Å².